The molecule has 1 aliphatic carbocycles. The van der Waals surface area contributed by atoms with Gasteiger partial charge < -0.3 is 0 Å². The second-order valence-electron chi connectivity index (χ2n) is 7.81. The van der Waals surface area contributed by atoms with Crippen molar-refractivity contribution in [2.75, 3.05) is 26.2 Å². The third-order valence-electron chi connectivity index (χ3n) is 5.56. The fourth-order valence-electron chi connectivity index (χ4n) is 3.99. The smallest absolute Gasteiger partial charge is 0.0113 e. The first-order chi connectivity index (χ1) is 9.56. The minimum absolute atomic E-state index is 0.726. The van der Waals surface area contributed by atoms with Gasteiger partial charge in [0.25, 0.3) is 0 Å². The molecule has 1 saturated heterocycles. The topological polar surface area (TPSA) is 6.48 Å². The lowest BCUT2D eigenvalue weighted by atomic mass is 9.81. The number of rotatable bonds is 5. The van der Waals surface area contributed by atoms with Gasteiger partial charge in [0.1, 0.15) is 0 Å². The van der Waals surface area contributed by atoms with E-state index in [1.807, 2.05) is 0 Å². The molecule has 0 aromatic heterocycles. The summed E-state index contributed by atoms with van der Waals surface area (Å²) in [5, 5.41) is 0. The number of piperazine rings is 1. The zero-order valence-corrected chi connectivity index (χ0v) is 14.3. The van der Waals surface area contributed by atoms with Gasteiger partial charge in [-0.2, -0.15) is 0 Å². The van der Waals surface area contributed by atoms with Crippen LogP contribution in [0.15, 0.2) is 0 Å². The third-order valence-corrected chi connectivity index (χ3v) is 5.56. The average molecular weight is 280 g/mol. The van der Waals surface area contributed by atoms with Gasteiger partial charge in [-0.3, -0.25) is 9.80 Å². The molecule has 0 atom stereocenters. The molecule has 1 heterocycles. The molecule has 1 aliphatic heterocycles. The number of nitrogens with zero attached hydrogens (tertiary/aromatic N) is 2. The van der Waals surface area contributed by atoms with Crippen molar-refractivity contribution in [3.8, 4) is 0 Å². The molecule has 1 saturated carbocycles. The molecule has 118 valence electrons. The highest BCUT2D eigenvalue weighted by Gasteiger charge is 2.28. The van der Waals surface area contributed by atoms with E-state index >= 15 is 0 Å². The minimum atomic E-state index is 0.726. The van der Waals surface area contributed by atoms with E-state index in [1.165, 1.54) is 64.7 Å². The summed E-state index contributed by atoms with van der Waals surface area (Å²) in [5.41, 5.74) is 0. The highest BCUT2D eigenvalue weighted by Crippen LogP contribution is 2.31. The Kier molecular flexibility index (Phi) is 6.35. The Labute approximate surface area is 126 Å². The maximum Gasteiger partial charge on any atom is 0.0113 e. The molecule has 2 heteroatoms. The molecular weight excluding hydrogens is 244 g/mol. The number of hydrogen-bond acceptors (Lipinski definition) is 2. The first-order valence-electron chi connectivity index (χ1n) is 9.04. The monoisotopic (exact) mass is 280 g/mol. The van der Waals surface area contributed by atoms with Crippen molar-refractivity contribution in [1.29, 1.82) is 0 Å². The van der Waals surface area contributed by atoms with Crippen LogP contribution in [0.4, 0.5) is 0 Å². The average Bonchev–Trinajstić information content (AvgIpc) is 2.46. The Morgan fingerprint density at radius 1 is 0.850 bits per heavy atom. The van der Waals surface area contributed by atoms with Crippen LogP contribution in [0.25, 0.3) is 0 Å². The zero-order chi connectivity index (χ0) is 14.5. The molecule has 20 heavy (non-hydrogen) atoms. The van der Waals surface area contributed by atoms with Crippen LogP contribution in [-0.2, 0) is 0 Å². The van der Waals surface area contributed by atoms with E-state index in [1.54, 1.807) is 0 Å². The predicted molar refractivity (Wildman–Crippen MR) is 88.1 cm³/mol. The van der Waals surface area contributed by atoms with Crippen molar-refractivity contribution in [3.05, 3.63) is 0 Å². The van der Waals surface area contributed by atoms with Gasteiger partial charge in [0.15, 0.2) is 0 Å². The summed E-state index contributed by atoms with van der Waals surface area (Å²) in [6.07, 6.45) is 8.81. The molecule has 0 unspecified atom stereocenters. The summed E-state index contributed by atoms with van der Waals surface area (Å²) in [6.45, 7) is 14.6. The van der Waals surface area contributed by atoms with Crippen molar-refractivity contribution in [3.63, 3.8) is 0 Å². The lowest BCUT2D eigenvalue weighted by molar-refractivity contribution is 0.0564. The summed E-state index contributed by atoms with van der Waals surface area (Å²) in [6, 6.07) is 1.63. The normalized spacial score (nSPS) is 30.3. The van der Waals surface area contributed by atoms with Crippen LogP contribution < -0.4 is 0 Å². The van der Waals surface area contributed by atoms with E-state index in [0.717, 1.165) is 23.9 Å². The fourth-order valence-corrected chi connectivity index (χ4v) is 3.99. The van der Waals surface area contributed by atoms with Crippen LogP contribution in [0.1, 0.15) is 66.2 Å². The Balaban J connectivity index is 1.67. The molecule has 0 spiro atoms. The molecule has 2 aliphatic rings. The van der Waals surface area contributed by atoms with E-state index in [9.17, 15) is 0 Å². The molecule has 0 bridgehead atoms. The van der Waals surface area contributed by atoms with Gasteiger partial charge in [0, 0.05) is 38.3 Å². The van der Waals surface area contributed by atoms with Crippen LogP contribution in [0, 0.1) is 11.8 Å². The lowest BCUT2D eigenvalue weighted by Gasteiger charge is -2.43. The predicted octanol–water partition coefficient (Wildman–Crippen LogP) is 4.01. The zero-order valence-electron chi connectivity index (χ0n) is 14.3. The van der Waals surface area contributed by atoms with Gasteiger partial charge in [-0.25, -0.2) is 0 Å². The third kappa shape index (κ3) is 4.73. The SMILES string of the molecule is CC(C)CCC1CCC(N2CCN(C(C)C)CC2)CC1. The van der Waals surface area contributed by atoms with Gasteiger partial charge in [0.2, 0.25) is 0 Å². The summed E-state index contributed by atoms with van der Waals surface area (Å²) < 4.78 is 0. The molecule has 0 N–H and O–H groups in total. The Morgan fingerprint density at radius 2 is 1.45 bits per heavy atom. The first-order valence-corrected chi connectivity index (χ1v) is 9.04. The lowest BCUT2D eigenvalue weighted by Crippen LogP contribution is -2.52. The van der Waals surface area contributed by atoms with Gasteiger partial charge >= 0.3 is 0 Å². The van der Waals surface area contributed by atoms with E-state index in [0.29, 0.717) is 0 Å². The maximum absolute atomic E-state index is 2.79. The molecular formula is C18H36N2. The summed E-state index contributed by atoms with van der Waals surface area (Å²) in [4.78, 5) is 5.42. The molecule has 2 fully saturated rings. The van der Waals surface area contributed by atoms with Crippen LogP contribution in [0.3, 0.4) is 0 Å². The molecule has 0 aromatic carbocycles. The van der Waals surface area contributed by atoms with E-state index < -0.39 is 0 Å². The second kappa shape index (κ2) is 7.79. The molecule has 0 radical (unpaired) electrons. The molecule has 0 amide bonds. The van der Waals surface area contributed by atoms with E-state index in [-0.39, 0.29) is 0 Å². The second-order valence-corrected chi connectivity index (χ2v) is 7.81. The largest absolute Gasteiger partial charge is 0.298 e. The summed E-state index contributed by atoms with van der Waals surface area (Å²) in [7, 11) is 0. The van der Waals surface area contributed by atoms with Gasteiger partial charge in [-0.15, -0.1) is 0 Å². The number of hydrogen-bond donors (Lipinski definition) is 0. The van der Waals surface area contributed by atoms with Crippen LogP contribution in [0.5, 0.6) is 0 Å². The van der Waals surface area contributed by atoms with Crippen LogP contribution >= 0.6 is 0 Å². The van der Waals surface area contributed by atoms with Gasteiger partial charge in [0.05, 0.1) is 0 Å². The standard InChI is InChI=1S/C18H36N2/c1-15(2)5-6-17-7-9-18(10-8-17)20-13-11-19(12-14-20)16(3)4/h15-18H,5-14H2,1-4H3. The van der Waals surface area contributed by atoms with Crippen LogP contribution in [0.2, 0.25) is 0 Å². The van der Waals surface area contributed by atoms with E-state index in [4.69, 9.17) is 0 Å². The van der Waals surface area contributed by atoms with Crippen molar-refractivity contribution in [2.24, 2.45) is 11.8 Å². The van der Waals surface area contributed by atoms with Crippen molar-refractivity contribution >= 4 is 0 Å². The molecule has 2 nitrogen and oxygen atoms in total. The van der Waals surface area contributed by atoms with Crippen molar-refractivity contribution < 1.29 is 0 Å². The maximum atomic E-state index is 2.79. The van der Waals surface area contributed by atoms with Gasteiger partial charge in [-0.1, -0.05) is 26.7 Å². The Morgan fingerprint density at radius 3 is 1.95 bits per heavy atom. The molecule has 0 aromatic rings. The van der Waals surface area contributed by atoms with Crippen molar-refractivity contribution in [2.45, 2.75) is 78.3 Å². The van der Waals surface area contributed by atoms with Crippen molar-refractivity contribution in [1.82, 2.24) is 9.80 Å². The Hall–Kier alpha value is -0.0800. The fraction of sp³-hybridized carbons (Fsp3) is 1.00. The minimum Gasteiger partial charge on any atom is -0.298 e. The highest BCUT2D eigenvalue weighted by molar-refractivity contribution is 4.84. The Bertz CT molecular complexity index is 259. The van der Waals surface area contributed by atoms with Gasteiger partial charge in [-0.05, 0) is 51.4 Å². The van der Waals surface area contributed by atoms with Crippen LogP contribution in [-0.4, -0.2) is 48.1 Å². The quantitative estimate of drug-likeness (QED) is 0.751. The summed E-state index contributed by atoms with van der Waals surface area (Å²) >= 11 is 0. The summed E-state index contributed by atoms with van der Waals surface area (Å²) in [5.74, 6) is 1.92. The molecule has 2 rings (SSSR count). The van der Waals surface area contributed by atoms with E-state index in [2.05, 4.69) is 37.5 Å². The first kappa shape index (κ1) is 16.3. The highest BCUT2D eigenvalue weighted by atomic mass is 15.3.